The Hall–Kier alpha value is -2.65. The molecule has 1 N–H and O–H groups in total. The molecule has 0 saturated carbocycles. The molecule has 30 heavy (non-hydrogen) atoms. The second-order valence-electron chi connectivity index (χ2n) is 6.90. The van der Waals surface area contributed by atoms with Gasteiger partial charge in [0.25, 0.3) is 0 Å². The Morgan fingerprint density at radius 3 is 2.27 bits per heavy atom. The van der Waals surface area contributed by atoms with Gasteiger partial charge in [0, 0.05) is 32.7 Å². The number of halogens is 1. The second kappa shape index (κ2) is 9.90. The Labute approximate surface area is 176 Å². The Kier molecular flexibility index (Phi) is 7.28. The van der Waals surface area contributed by atoms with Gasteiger partial charge in [-0.25, -0.2) is 17.6 Å². The summed E-state index contributed by atoms with van der Waals surface area (Å²) >= 11 is 0. The van der Waals surface area contributed by atoms with Crippen LogP contribution >= 0.6 is 0 Å². The summed E-state index contributed by atoms with van der Waals surface area (Å²) in [6.07, 6.45) is 0.595. The molecule has 0 radical (unpaired) electrons. The van der Waals surface area contributed by atoms with Crippen molar-refractivity contribution in [1.29, 1.82) is 0 Å². The summed E-state index contributed by atoms with van der Waals surface area (Å²) in [6.45, 7) is 3.91. The summed E-state index contributed by atoms with van der Waals surface area (Å²) < 4.78 is 45.3. The first-order chi connectivity index (χ1) is 14.4. The van der Waals surface area contributed by atoms with E-state index in [9.17, 15) is 17.6 Å². The molecule has 2 aromatic carbocycles. The van der Waals surface area contributed by atoms with Gasteiger partial charge in [0.05, 0.1) is 11.5 Å². The van der Waals surface area contributed by atoms with Gasteiger partial charge < -0.3 is 15.0 Å². The number of carbonyl (C=O) groups is 1. The molecule has 0 spiro atoms. The highest BCUT2D eigenvalue weighted by Gasteiger charge is 2.30. The van der Waals surface area contributed by atoms with Crippen LogP contribution in [0.15, 0.2) is 53.4 Å². The molecule has 3 rings (SSSR count). The van der Waals surface area contributed by atoms with Gasteiger partial charge >= 0.3 is 6.03 Å². The van der Waals surface area contributed by atoms with Crippen molar-refractivity contribution in [3.05, 3.63) is 59.9 Å². The zero-order chi connectivity index (χ0) is 21.6. The number of hydrogen-bond donors (Lipinski definition) is 1. The SMILES string of the molecule is CCOc1ccc(S(=O)(=O)N2CCN(C(=O)NCCc3ccc(F)cc3)CC2)cc1. The van der Waals surface area contributed by atoms with E-state index in [0.717, 1.165) is 5.56 Å². The van der Waals surface area contributed by atoms with E-state index in [0.29, 0.717) is 38.4 Å². The number of nitrogens with zero attached hydrogens (tertiary/aromatic N) is 2. The number of hydrogen-bond acceptors (Lipinski definition) is 4. The van der Waals surface area contributed by atoms with E-state index in [1.165, 1.54) is 28.6 Å². The van der Waals surface area contributed by atoms with Crippen LogP contribution in [0, 0.1) is 5.82 Å². The normalized spacial score (nSPS) is 15.1. The number of benzene rings is 2. The molecular formula is C21H26FN3O4S. The van der Waals surface area contributed by atoms with Crippen molar-refractivity contribution in [3.8, 4) is 5.75 Å². The molecule has 7 nitrogen and oxygen atoms in total. The van der Waals surface area contributed by atoms with E-state index in [1.54, 1.807) is 29.2 Å². The summed E-state index contributed by atoms with van der Waals surface area (Å²) in [5.41, 5.74) is 0.933. The van der Waals surface area contributed by atoms with Crippen LogP contribution in [-0.2, 0) is 16.4 Å². The van der Waals surface area contributed by atoms with E-state index in [-0.39, 0.29) is 29.8 Å². The smallest absolute Gasteiger partial charge is 0.317 e. The van der Waals surface area contributed by atoms with Crippen LogP contribution < -0.4 is 10.1 Å². The average Bonchev–Trinajstić information content (AvgIpc) is 2.76. The summed E-state index contributed by atoms with van der Waals surface area (Å²) in [5, 5.41) is 2.83. The number of sulfonamides is 1. The van der Waals surface area contributed by atoms with Crippen LogP contribution in [0.4, 0.5) is 9.18 Å². The molecule has 1 aliphatic heterocycles. The summed E-state index contributed by atoms with van der Waals surface area (Å²) in [7, 11) is -3.61. The number of nitrogens with one attached hydrogen (secondary N) is 1. The monoisotopic (exact) mass is 435 g/mol. The number of urea groups is 1. The first-order valence-electron chi connectivity index (χ1n) is 9.90. The lowest BCUT2D eigenvalue weighted by Gasteiger charge is -2.34. The molecule has 1 aliphatic rings. The molecule has 1 fully saturated rings. The first-order valence-corrected chi connectivity index (χ1v) is 11.3. The summed E-state index contributed by atoms with van der Waals surface area (Å²) in [6, 6.07) is 12.3. The third-order valence-corrected chi connectivity index (χ3v) is 6.81. The van der Waals surface area contributed by atoms with Crippen LogP contribution in [0.1, 0.15) is 12.5 Å². The lowest BCUT2D eigenvalue weighted by Crippen LogP contribution is -2.53. The van der Waals surface area contributed by atoms with Crippen LogP contribution in [0.3, 0.4) is 0 Å². The standard InChI is InChI=1S/C21H26FN3O4S/c1-2-29-19-7-9-20(10-8-19)30(27,28)25-15-13-24(14-16-25)21(26)23-12-11-17-3-5-18(22)6-4-17/h3-10H,2,11-16H2,1H3,(H,23,26). The lowest BCUT2D eigenvalue weighted by molar-refractivity contribution is 0.172. The molecule has 1 heterocycles. The maximum absolute atomic E-state index is 12.9. The van der Waals surface area contributed by atoms with Gasteiger partial charge in [-0.15, -0.1) is 0 Å². The zero-order valence-electron chi connectivity index (χ0n) is 16.9. The van der Waals surface area contributed by atoms with Gasteiger partial charge in [-0.3, -0.25) is 0 Å². The minimum absolute atomic E-state index is 0.211. The van der Waals surface area contributed by atoms with Gasteiger partial charge in [-0.2, -0.15) is 4.31 Å². The fraction of sp³-hybridized carbons (Fsp3) is 0.381. The van der Waals surface area contributed by atoms with E-state index in [2.05, 4.69) is 5.32 Å². The van der Waals surface area contributed by atoms with E-state index < -0.39 is 10.0 Å². The van der Waals surface area contributed by atoms with Crippen molar-refractivity contribution in [3.63, 3.8) is 0 Å². The first kappa shape index (κ1) is 22.0. The molecule has 0 aliphatic carbocycles. The van der Waals surface area contributed by atoms with Crippen molar-refractivity contribution < 1.29 is 22.3 Å². The Morgan fingerprint density at radius 2 is 1.67 bits per heavy atom. The van der Waals surface area contributed by atoms with Gasteiger partial charge in [0.1, 0.15) is 11.6 Å². The molecule has 162 valence electrons. The van der Waals surface area contributed by atoms with Crippen LogP contribution in [0.5, 0.6) is 5.75 Å². The highest BCUT2D eigenvalue weighted by molar-refractivity contribution is 7.89. The van der Waals surface area contributed by atoms with Gasteiger partial charge in [0.15, 0.2) is 0 Å². The predicted molar refractivity (Wildman–Crippen MR) is 111 cm³/mol. The third-order valence-electron chi connectivity index (χ3n) is 4.90. The summed E-state index contributed by atoms with van der Waals surface area (Å²) in [4.78, 5) is 14.2. The molecular weight excluding hydrogens is 409 g/mol. The Morgan fingerprint density at radius 1 is 1.03 bits per heavy atom. The zero-order valence-corrected chi connectivity index (χ0v) is 17.7. The highest BCUT2D eigenvalue weighted by atomic mass is 32.2. The largest absolute Gasteiger partial charge is 0.494 e. The molecule has 0 aromatic heterocycles. The number of amides is 2. The van der Waals surface area contributed by atoms with Gasteiger partial charge in [-0.1, -0.05) is 12.1 Å². The molecule has 2 aromatic rings. The fourth-order valence-electron chi connectivity index (χ4n) is 3.23. The molecule has 1 saturated heterocycles. The van der Waals surface area contributed by atoms with Crippen molar-refractivity contribution in [2.45, 2.75) is 18.2 Å². The lowest BCUT2D eigenvalue weighted by atomic mass is 10.1. The van der Waals surface area contributed by atoms with E-state index in [4.69, 9.17) is 4.74 Å². The minimum atomic E-state index is -3.61. The number of carbonyl (C=O) groups excluding carboxylic acids is 1. The van der Waals surface area contributed by atoms with E-state index >= 15 is 0 Å². The van der Waals surface area contributed by atoms with Crippen LogP contribution in [0.25, 0.3) is 0 Å². The van der Waals surface area contributed by atoms with Gasteiger partial charge in [-0.05, 0) is 55.3 Å². The number of ether oxygens (including phenoxy) is 1. The topological polar surface area (TPSA) is 79.0 Å². The Balaban J connectivity index is 1.48. The van der Waals surface area contributed by atoms with Crippen molar-refractivity contribution in [1.82, 2.24) is 14.5 Å². The second-order valence-corrected chi connectivity index (χ2v) is 8.84. The Bertz CT molecular complexity index is 941. The molecule has 0 bridgehead atoms. The molecule has 0 atom stereocenters. The quantitative estimate of drug-likeness (QED) is 0.725. The number of piperazine rings is 1. The van der Waals surface area contributed by atoms with Gasteiger partial charge in [0.2, 0.25) is 10.0 Å². The van der Waals surface area contributed by atoms with Crippen molar-refractivity contribution in [2.75, 3.05) is 39.3 Å². The summed E-state index contributed by atoms with van der Waals surface area (Å²) in [5.74, 6) is 0.333. The maximum Gasteiger partial charge on any atom is 0.317 e. The highest BCUT2D eigenvalue weighted by Crippen LogP contribution is 2.21. The minimum Gasteiger partial charge on any atom is -0.494 e. The fourth-order valence-corrected chi connectivity index (χ4v) is 4.65. The molecule has 9 heteroatoms. The average molecular weight is 436 g/mol. The third kappa shape index (κ3) is 5.48. The van der Waals surface area contributed by atoms with E-state index in [1.807, 2.05) is 6.92 Å². The van der Waals surface area contributed by atoms with Crippen LogP contribution in [0.2, 0.25) is 0 Å². The predicted octanol–water partition coefficient (Wildman–Crippen LogP) is 2.48. The molecule has 0 unspecified atom stereocenters. The maximum atomic E-state index is 12.9. The van der Waals surface area contributed by atoms with Crippen molar-refractivity contribution in [2.24, 2.45) is 0 Å². The number of rotatable bonds is 7. The van der Waals surface area contributed by atoms with Crippen molar-refractivity contribution >= 4 is 16.1 Å². The molecule has 2 amide bonds. The van der Waals surface area contributed by atoms with Crippen LogP contribution in [-0.4, -0.2) is 63.0 Å².